The van der Waals surface area contributed by atoms with Gasteiger partial charge in [0, 0.05) is 16.1 Å². The van der Waals surface area contributed by atoms with Crippen molar-refractivity contribution in [1.29, 1.82) is 0 Å². The summed E-state index contributed by atoms with van der Waals surface area (Å²) >= 11 is 6.32. The predicted octanol–water partition coefficient (Wildman–Crippen LogP) is 4.11. The molecule has 1 aliphatic rings. The molecule has 1 saturated carbocycles. The second kappa shape index (κ2) is 6.01. The van der Waals surface area contributed by atoms with Crippen LogP contribution < -0.4 is 11.1 Å². The van der Waals surface area contributed by atoms with Gasteiger partial charge in [-0.2, -0.15) is 0 Å². The van der Waals surface area contributed by atoms with Crippen LogP contribution in [0.15, 0.2) is 53.5 Å². The van der Waals surface area contributed by atoms with Crippen LogP contribution in [-0.4, -0.2) is 12.5 Å². The van der Waals surface area contributed by atoms with Crippen LogP contribution in [0.25, 0.3) is 0 Å². The average molecular weight is 314 g/mol. The molecule has 0 heterocycles. The van der Waals surface area contributed by atoms with E-state index in [9.17, 15) is 0 Å². The molecule has 0 atom stereocenters. The van der Waals surface area contributed by atoms with Gasteiger partial charge in [-0.05, 0) is 49.1 Å². The van der Waals surface area contributed by atoms with Gasteiger partial charge in [-0.3, -0.25) is 4.99 Å². The average Bonchev–Trinajstić information content (AvgIpc) is 3.27. The highest BCUT2D eigenvalue weighted by atomic mass is 35.5. The Morgan fingerprint density at radius 3 is 2.68 bits per heavy atom. The lowest BCUT2D eigenvalue weighted by molar-refractivity contribution is 0.706. The molecule has 2 aromatic rings. The lowest BCUT2D eigenvalue weighted by atomic mass is 9.96. The summed E-state index contributed by atoms with van der Waals surface area (Å²) in [5.41, 5.74) is 9.41. The number of nitrogens with one attached hydrogen (secondary N) is 1. The number of benzene rings is 2. The van der Waals surface area contributed by atoms with E-state index >= 15 is 0 Å². The topological polar surface area (TPSA) is 50.4 Å². The third kappa shape index (κ3) is 3.25. The Bertz CT molecular complexity index is 705. The van der Waals surface area contributed by atoms with Crippen LogP contribution in [0.1, 0.15) is 24.0 Å². The minimum absolute atomic E-state index is 0.0667. The van der Waals surface area contributed by atoms with E-state index in [1.165, 1.54) is 11.1 Å². The highest BCUT2D eigenvalue weighted by molar-refractivity contribution is 6.31. The molecule has 0 amide bonds. The first-order valence-corrected chi connectivity index (χ1v) is 7.85. The number of rotatable bonds is 4. The highest BCUT2D eigenvalue weighted by Gasteiger charge is 2.45. The number of nitrogens with zero attached hydrogens (tertiary/aromatic N) is 1. The first-order chi connectivity index (χ1) is 10.6. The summed E-state index contributed by atoms with van der Waals surface area (Å²) in [7, 11) is 0. The number of guanidine groups is 1. The van der Waals surface area contributed by atoms with Crippen molar-refractivity contribution in [2.45, 2.75) is 25.2 Å². The lowest BCUT2D eigenvalue weighted by Crippen LogP contribution is -2.25. The molecule has 22 heavy (non-hydrogen) atoms. The Balaban J connectivity index is 1.70. The third-order valence-electron chi connectivity index (χ3n) is 4.14. The summed E-state index contributed by atoms with van der Waals surface area (Å²) in [5.74, 6) is 0.448. The summed E-state index contributed by atoms with van der Waals surface area (Å²) in [6.45, 7) is 2.72. The Kier molecular flexibility index (Phi) is 4.08. The third-order valence-corrected chi connectivity index (χ3v) is 4.47. The SMILES string of the molecule is Cc1cccc(NC(N)=NCC2(c3ccccc3Cl)CC2)c1. The zero-order valence-corrected chi connectivity index (χ0v) is 13.4. The van der Waals surface area contributed by atoms with Crippen LogP contribution >= 0.6 is 11.6 Å². The molecule has 3 N–H and O–H groups in total. The molecule has 4 heteroatoms. The van der Waals surface area contributed by atoms with E-state index < -0.39 is 0 Å². The van der Waals surface area contributed by atoms with Crippen molar-refractivity contribution in [2.75, 3.05) is 11.9 Å². The van der Waals surface area contributed by atoms with Gasteiger partial charge in [0.25, 0.3) is 0 Å². The zero-order valence-electron chi connectivity index (χ0n) is 12.6. The number of aryl methyl sites for hydroxylation is 1. The van der Waals surface area contributed by atoms with Gasteiger partial charge >= 0.3 is 0 Å². The molecule has 1 aliphatic carbocycles. The van der Waals surface area contributed by atoms with Crippen molar-refractivity contribution in [1.82, 2.24) is 0 Å². The molecule has 0 aromatic heterocycles. The lowest BCUT2D eigenvalue weighted by Gasteiger charge is -2.15. The molecule has 3 nitrogen and oxygen atoms in total. The van der Waals surface area contributed by atoms with Crippen LogP contribution in [0.4, 0.5) is 5.69 Å². The molecule has 1 fully saturated rings. The highest BCUT2D eigenvalue weighted by Crippen LogP contribution is 2.50. The van der Waals surface area contributed by atoms with E-state index in [-0.39, 0.29) is 5.41 Å². The monoisotopic (exact) mass is 313 g/mol. The molecule has 0 saturated heterocycles. The second-order valence-corrected chi connectivity index (χ2v) is 6.36. The standard InChI is InChI=1S/C18H20ClN3/c1-13-5-4-6-14(11-13)22-17(20)21-12-18(9-10-18)15-7-2-3-8-16(15)19/h2-8,11H,9-10,12H2,1H3,(H3,20,21,22). The fourth-order valence-electron chi connectivity index (χ4n) is 2.70. The van der Waals surface area contributed by atoms with E-state index in [2.05, 4.69) is 29.4 Å². The zero-order chi connectivity index (χ0) is 15.6. The normalized spacial score (nSPS) is 16.4. The minimum Gasteiger partial charge on any atom is -0.370 e. The molecule has 0 aliphatic heterocycles. The van der Waals surface area contributed by atoms with Crippen molar-refractivity contribution >= 4 is 23.2 Å². The molecule has 0 spiro atoms. The summed E-state index contributed by atoms with van der Waals surface area (Å²) in [5, 5.41) is 3.96. The maximum atomic E-state index is 6.32. The Labute approximate surface area is 136 Å². The van der Waals surface area contributed by atoms with E-state index in [4.69, 9.17) is 17.3 Å². The maximum Gasteiger partial charge on any atom is 0.193 e. The fourth-order valence-corrected chi connectivity index (χ4v) is 3.04. The Hall–Kier alpha value is -2.00. The van der Waals surface area contributed by atoms with Crippen LogP contribution in [0.3, 0.4) is 0 Å². The number of aliphatic imine (C=N–C) groups is 1. The van der Waals surface area contributed by atoms with Gasteiger partial charge < -0.3 is 11.1 Å². The van der Waals surface area contributed by atoms with Crippen LogP contribution in [0, 0.1) is 6.92 Å². The number of halogens is 1. The molecule has 2 aromatic carbocycles. The molecule has 0 bridgehead atoms. The van der Waals surface area contributed by atoms with Crippen LogP contribution in [0.2, 0.25) is 5.02 Å². The first kappa shape index (κ1) is 14.9. The van der Waals surface area contributed by atoms with Crippen molar-refractivity contribution in [3.8, 4) is 0 Å². The predicted molar refractivity (Wildman–Crippen MR) is 93.7 cm³/mol. The summed E-state index contributed by atoms with van der Waals surface area (Å²) in [6.07, 6.45) is 2.22. The van der Waals surface area contributed by atoms with Gasteiger partial charge in [0.1, 0.15) is 0 Å². The van der Waals surface area contributed by atoms with Gasteiger partial charge in [-0.15, -0.1) is 0 Å². The van der Waals surface area contributed by atoms with E-state index in [0.717, 1.165) is 23.6 Å². The van der Waals surface area contributed by atoms with Gasteiger partial charge in [0.2, 0.25) is 0 Å². The fraction of sp³-hybridized carbons (Fsp3) is 0.278. The molecule has 0 radical (unpaired) electrons. The van der Waals surface area contributed by atoms with Crippen molar-refractivity contribution in [3.63, 3.8) is 0 Å². The minimum atomic E-state index is 0.0667. The van der Waals surface area contributed by atoms with Crippen LogP contribution in [0.5, 0.6) is 0 Å². The second-order valence-electron chi connectivity index (χ2n) is 5.96. The maximum absolute atomic E-state index is 6.32. The Morgan fingerprint density at radius 1 is 1.23 bits per heavy atom. The summed E-state index contributed by atoms with van der Waals surface area (Å²) < 4.78 is 0. The van der Waals surface area contributed by atoms with E-state index in [1.54, 1.807) is 0 Å². The van der Waals surface area contributed by atoms with E-state index in [0.29, 0.717) is 12.5 Å². The van der Waals surface area contributed by atoms with Crippen molar-refractivity contribution in [3.05, 3.63) is 64.7 Å². The summed E-state index contributed by atoms with van der Waals surface area (Å²) in [6, 6.07) is 16.1. The number of anilines is 1. The summed E-state index contributed by atoms with van der Waals surface area (Å²) in [4.78, 5) is 4.53. The van der Waals surface area contributed by atoms with Crippen molar-refractivity contribution in [2.24, 2.45) is 10.7 Å². The van der Waals surface area contributed by atoms with Crippen LogP contribution in [-0.2, 0) is 5.41 Å². The van der Waals surface area contributed by atoms with Gasteiger partial charge in [0.15, 0.2) is 5.96 Å². The molecule has 114 valence electrons. The Morgan fingerprint density at radius 2 is 2.00 bits per heavy atom. The van der Waals surface area contributed by atoms with Crippen molar-refractivity contribution < 1.29 is 0 Å². The van der Waals surface area contributed by atoms with Gasteiger partial charge in [-0.1, -0.05) is 41.9 Å². The smallest absolute Gasteiger partial charge is 0.193 e. The molecule has 3 rings (SSSR count). The number of hydrogen-bond acceptors (Lipinski definition) is 1. The molecular formula is C18H20ClN3. The number of nitrogens with two attached hydrogens (primary N) is 1. The van der Waals surface area contributed by atoms with Gasteiger partial charge in [-0.25, -0.2) is 0 Å². The number of hydrogen-bond donors (Lipinski definition) is 2. The largest absolute Gasteiger partial charge is 0.370 e. The molecular weight excluding hydrogens is 294 g/mol. The van der Waals surface area contributed by atoms with Gasteiger partial charge in [0.05, 0.1) is 6.54 Å². The first-order valence-electron chi connectivity index (χ1n) is 7.48. The quantitative estimate of drug-likeness (QED) is 0.659. The molecule has 0 unspecified atom stereocenters. The van der Waals surface area contributed by atoms with E-state index in [1.807, 2.05) is 36.4 Å².